The highest BCUT2D eigenvalue weighted by Crippen LogP contribution is 2.31. The van der Waals surface area contributed by atoms with E-state index in [0.29, 0.717) is 28.8 Å². The van der Waals surface area contributed by atoms with Crippen molar-refractivity contribution in [1.29, 1.82) is 0 Å². The van der Waals surface area contributed by atoms with Gasteiger partial charge in [-0.25, -0.2) is 0 Å². The van der Waals surface area contributed by atoms with Gasteiger partial charge in [-0.15, -0.1) is 0 Å². The van der Waals surface area contributed by atoms with E-state index in [-0.39, 0.29) is 12.5 Å². The molecule has 1 aliphatic heterocycles. The molecule has 20 heavy (non-hydrogen) atoms. The summed E-state index contributed by atoms with van der Waals surface area (Å²) >= 11 is 6.07. The first-order valence-corrected chi connectivity index (χ1v) is 6.53. The van der Waals surface area contributed by atoms with Crippen LogP contribution in [-0.2, 0) is 11.4 Å². The van der Waals surface area contributed by atoms with Gasteiger partial charge in [0.2, 0.25) is 0 Å². The minimum Gasteiger partial charge on any atom is -0.489 e. The van der Waals surface area contributed by atoms with Crippen LogP contribution in [0.15, 0.2) is 42.5 Å². The van der Waals surface area contributed by atoms with Crippen LogP contribution in [0.1, 0.15) is 5.56 Å². The Balaban J connectivity index is 1.74. The smallest absolute Gasteiger partial charge is 0.262 e. The van der Waals surface area contributed by atoms with Crippen molar-refractivity contribution in [3.05, 3.63) is 53.1 Å². The number of carbonyl (C=O) groups is 1. The Morgan fingerprint density at radius 3 is 2.95 bits per heavy atom. The van der Waals surface area contributed by atoms with Gasteiger partial charge in [-0.3, -0.25) is 4.79 Å². The Kier molecular flexibility index (Phi) is 3.48. The third-order valence-electron chi connectivity index (χ3n) is 2.94. The number of anilines is 1. The highest BCUT2D eigenvalue weighted by Gasteiger charge is 2.16. The van der Waals surface area contributed by atoms with E-state index in [0.717, 1.165) is 5.56 Å². The van der Waals surface area contributed by atoms with E-state index < -0.39 is 0 Å². The predicted molar refractivity (Wildman–Crippen MR) is 76.4 cm³/mol. The molecular weight excluding hydrogens is 278 g/mol. The molecule has 0 spiro atoms. The van der Waals surface area contributed by atoms with Gasteiger partial charge in [-0.1, -0.05) is 29.8 Å². The van der Waals surface area contributed by atoms with Gasteiger partial charge in [0.05, 0.1) is 5.69 Å². The van der Waals surface area contributed by atoms with Crippen molar-refractivity contribution >= 4 is 23.2 Å². The van der Waals surface area contributed by atoms with E-state index in [9.17, 15) is 4.79 Å². The first-order valence-electron chi connectivity index (χ1n) is 6.15. The number of hydrogen-bond donors (Lipinski definition) is 1. The summed E-state index contributed by atoms with van der Waals surface area (Å²) in [7, 11) is 0. The molecule has 0 aliphatic carbocycles. The second-order valence-corrected chi connectivity index (χ2v) is 4.78. The van der Waals surface area contributed by atoms with Crippen molar-refractivity contribution < 1.29 is 14.3 Å². The van der Waals surface area contributed by atoms with Crippen LogP contribution in [0.2, 0.25) is 5.02 Å². The molecule has 1 aliphatic rings. The van der Waals surface area contributed by atoms with Gasteiger partial charge in [0.1, 0.15) is 18.1 Å². The lowest BCUT2D eigenvalue weighted by Crippen LogP contribution is -2.25. The molecule has 2 aromatic carbocycles. The summed E-state index contributed by atoms with van der Waals surface area (Å²) in [6.07, 6.45) is 0. The molecular formula is C15H12ClNO3. The van der Waals surface area contributed by atoms with Crippen molar-refractivity contribution in [3.8, 4) is 11.5 Å². The van der Waals surface area contributed by atoms with Crippen LogP contribution in [0.3, 0.4) is 0 Å². The number of carbonyl (C=O) groups excluding carboxylic acids is 1. The van der Waals surface area contributed by atoms with Crippen LogP contribution < -0.4 is 14.8 Å². The van der Waals surface area contributed by atoms with Crippen molar-refractivity contribution in [1.82, 2.24) is 0 Å². The molecule has 2 aromatic rings. The van der Waals surface area contributed by atoms with Crippen LogP contribution in [0.25, 0.3) is 0 Å². The molecule has 0 atom stereocenters. The summed E-state index contributed by atoms with van der Waals surface area (Å²) < 4.78 is 11.0. The number of ether oxygens (including phenoxy) is 2. The largest absolute Gasteiger partial charge is 0.489 e. The first-order chi connectivity index (χ1) is 9.72. The maximum atomic E-state index is 11.3. The van der Waals surface area contributed by atoms with Crippen molar-refractivity contribution in [2.24, 2.45) is 0 Å². The van der Waals surface area contributed by atoms with E-state index in [2.05, 4.69) is 5.32 Å². The van der Waals surface area contributed by atoms with E-state index in [1.807, 2.05) is 24.3 Å². The lowest BCUT2D eigenvalue weighted by molar-refractivity contribution is -0.118. The van der Waals surface area contributed by atoms with Gasteiger partial charge >= 0.3 is 0 Å². The first kappa shape index (κ1) is 12.8. The number of hydrogen-bond acceptors (Lipinski definition) is 3. The highest BCUT2D eigenvalue weighted by molar-refractivity contribution is 6.31. The summed E-state index contributed by atoms with van der Waals surface area (Å²) in [5.41, 5.74) is 1.53. The lowest BCUT2D eigenvalue weighted by Gasteiger charge is -2.18. The zero-order valence-electron chi connectivity index (χ0n) is 10.6. The number of amides is 1. The van der Waals surface area contributed by atoms with E-state index in [1.54, 1.807) is 18.2 Å². The summed E-state index contributed by atoms with van der Waals surface area (Å²) in [5.74, 6) is 1.13. The molecule has 3 rings (SSSR count). The van der Waals surface area contributed by atoms with Gasteiger partial charge in [0.25, 0.3) is 5.91 Å². The minimum atomic E-state index is -0.166. The predicted octanol–water partition coefficient (Wildman–Crippen LogP) is 3.25. The van der Waals surface area contributed by atoms with Crippen molar-refractivity contribution in [3.63, 3.8) is 0 Å². The monoisotopic (exact) mass is 289 g/mol. The molecule has 0 aromatic heterocycles. The average Bonchev–Trinajstić information content (AvgIpc) is 2.46. The van der Waals surface area contributed by atoms with Gasteiger partial charge < -0.3 is 14.8 Å². The Labute approximate surface area is 121 Å². The molecule has 1 N–H and O–H groups in total. The van der Waals surface area contributed by atoms with Gasteiger partial charge in [0.15, 0.2) is 6.61 Å². The Hall–Kier alpha value is -2.20. The third-order valence-corrected chi connectivity index (χ3v) is 3.30. The highest BCUT2D eigenvalue weighted by atomic mass is 35.5. The minimum absolute atomic E-state index is 0.0484. The van der Waals surface area contributed by atoms with Crippen LogP contribution in [-0.4, -0.2) is 12.5 Å². The number of halogens is 1. The summed E-state index contributed by atoms with van der Waals surface area (Å²) in [6.45, 7) is 0.417. The van der Waals surface area contributed by atoms with E-state index in [4.69, 9.17) is 21.1 Å². The molecule has 1 heterocycles. The van der Waals surface area contributed by atoms with Crippen molar-refractivity contribution in [2.75, 3.05) is 11.9 Å². The molecule has 0 fully saturated rings. The maximum absolute atomic E-state index is 11.3. The summed E-state index contributed by atoms with van der Waals surface area (Å²) in [6, 6.07) is 12.8. The summed E-state index contributed by atoms with van der Waals surface area (Å²) in [5, 5.41) is 3.41. The Morgan fingerprint density at radius 1 is 1.25 bits per heavy atom. The van der Waals surface area contributed by atoms with Gasteiger partial charge in [-0.05, 0) is 18.2 Å². The second-order valence-electron chi connectivity index (χ2n) is 4.37. The average molecular weight is 290 g/mol. The molecule has 5 heteroatoms. The zero-order chi connectivity index (χ0) is 13.9. The van der Waals surface area contributed by atoms with Crippen molar-refractivity contribution in [2.45, 2.75) is 6.61 Å². The number of fused-ring (bicyclic) bond motifs is 1. The Morgan fingerprint density at radius 2 is 2.10 bits per heavy atom. The fraction of sp³-hybridized carbons (Fsp3) is 0.133. The SMILES string of the molecule is O=C1COc2ccc(OCc3ccccc3Cl)cc2N1. The standard InChI is InChI=1S/C15H12ClNO3/c16-12-4-2-1-3-10(12)8-19-11-5-6-14-13(7-11)17-15(18)9-20-14/h1-7H,8-9H2,(H,17,18). The molecule has 0 bridgehead atoms. The second kappa shape index (κ2) is 5.43. The normalized spacial score (nSPS) is 13.2. The van der Waals surface area contributed by atoms with Crippen LogP contribution >= 0.6 is 11.6 Å². The number of benzene rings is 2. The van der Waals surface area contributed by atoms with E-state index >= 15 is 0 Å². The number of rotatable bonds is 3. The lowest BCUT2D eigenvalue weighted by atomic mass is 10.2. The van der Waals surface area contributed by atoms with Crippen LogP contribution in [0.5, 0.6) is 11.5 Å². The summed E-state index contributed by atoms with van der Waals surface area (Å²) in [4.78, 5) is 11.3. The van der Waals surface area contributed by atoms with Crippen LogP contribution in [0, 0.1) is 0 Å². The quantitative estimate of drug-likeness (QED) is 0.943. The molecule has 102 valence electrons. The molecule has 0 saturated carbocycles. The topological polar surface area (TPSA) is 47.6 Å². The molecule has 0 radical (unpaired) electrons. The molecule has 0 saturated heterocycles. The third kappa shape index (κ3) is 2.70. The Bertz CT molecular complexity index is 657. The fourth-order valence-corrected chi connectivity index (χ4v) is 2.12. The van der Waals surface area contributed by atoms with Gasteiger partial charge in [0, 0.05) is 16.7 Å². The number of nitrogens with one attached hydrogen (secondary N) is 1. The zero-order valence-corrected chi connectivity index (χ0v) is 11.3. The van der Waals surface area contributed by atoms with E-state index in [1.165, 1.54) is 0 Å². The van der Waals surface area contributed by atoms with Gasteiger partial charge in [-0.2, -0.15) is 0 Å². The maximum Gasteiger partial charge on any atom is 0.262 e. The van der Waals surface area contributed by atoms with Crippen LogP contribution in [0.4, 0.5) is 5.69 Å². The fourth-order valence-electron chi connectivity index (χ4n) is 1.93. The molecule has 1 amide bonds. The molecule has 0 unspecified atom stereocenters. The molecule has 4 nitrogen and oxygen atoms in total.